The highest BCUT2D eigenvalue weighted by Gasteiger charge is 2.54. The molecular weight excluding hydrogens is 539 g/mol. The van der Waals surface area contributed by atoms with Crippen molar-refractivity contribution in [1.82, 2.24) is 20.1 Å². The highest BCUT2D eigenvalue weighted by Crippen LogP contribution is 2.51. The number of hydrogen-bond acceptors (Lipinski definition) is 5. The van der Waals surface area contributed by atoms with Gasteiger partial charge in [-0.3, -0.25) is 4.79 Å². The Morgan fingerprint density at radius 2 is 1.95 bits per heavy atom. The van der Waals surface area contributed by atoms with E-state index in [1.807, 2.05) is 29.8 Å². The summed E-state index contributed by atoms with van der Waals surface area (Å²) < 4.78 is 56.7. The zero-order valence-electron chi connectivity index (χ0n) is 22.7. The van der Waals surface area contributed by atoms with Gasteiger partial charge in [-0.2, -0.15) is 13.2 Å². The van der Waals surface area contributed by atoms with Gasteiger partial charge in [0.1, 0.15) is 17.4 Å². The molecule has 0 bridgehead atoms. The first-order chi connectivity index (χ1) is 18.9. The van der Waals surface area contributed by atoms with Crippen molar-refractivity contribution in [1.29, 1.82) is 0 Å². The summed E-state index contributed by atoms with van der Waals surface area (Å²) in [6, 6.07) is 10.2. The molecule has 0 unspecified atom stereocenters. The van der Waals surface area contributed by atoms with Crippen LogP contribution in [0.5, 0.6) is 0 Å². The summed E-state index contributed by atoms with van der Waals surface area (Å²) in [5.41, 5.74) is 0.599. The van der Waals surface area contributed by atoms with Crippen molar-refractivity contribution in [2.45, 2.75) is 74.5 Å². The number of hydrogen-bond donors (Lipinski definition) is 1. The molecule has 40 heavy (non-hydrogen) atoms. The lowest BCUT2D eigenvalue weighted by atomic mass is 9.63. The van der Waals surface area contributed by atoms with Crippen LogP contribution in [0.25, 0.3) is 0 Å². The highest BCUT2D eigenvalue weighted by atomic mass is 32.2. The Balaban J connectivity index is 1.34. The van der Waals surface area contributed by atoms with Crippen molar-refractivity contribution in [2.24, 2.45) is 7.05 Å². The average molecular weight is 572 g/mol. The first-order valence-corrected chi connectivity index (χ1v) is 15.1. The SMILES string of the molecule is Cn1cnnc1[C@]1(c2cccc(N3Cc4c(cc(CNC5(C)CCC5)cc4C(F)(F)F)C3=O)c2)C[C@@H]([S@+](C)[O-])C1. The molecule has 3 aliphatic rings. The molecular formula is C29H32F3N5O2S. The first kappa shape index (κ1) is 27.3. The minimum atomic E-state index is -4.58. The van der Waals surface area contributed by atoms with Crippen LogP contribution in [0.4, 0.5) is 18.9 Å². The predicted octanol–water partition coefficient (Wildman–Crippen LogP) is 4.85. The quantitative estimate of drug-likeness (QED) is 0.410. The van der Waals surface area contributed by atoms with E-state index >= 15 is 0 Å². The standard InChI is InChI=1S/C29H32F3N5O2S/c1-27(8-5-9-27)33-15-18-10-22-23(24(11-18)29(30,31)32)16-37(25(22)38)20-7-4-6-19(12-20)28(13-21(14-28)40(3)39)26-35-34-17-36(26)2/h4,6-7,10-12,17,21,33H,5,8-9,13-16H2,1-3H3/t21-,28-,40-/m0/s1. The molecule has 1 N–H and O–H groups in total. The summed E-state index contributed by atoms with van der Waals surface area (Å²) in [5.74, 6) is 0.294. The molecule has 1 aromatic heterocycles. The summed E-state index contributed by atoms with van der Waals surface area (Å²) in [6.45, 7) is 2.19. The van der Waals surface area contributed by atoms with E-state index in [2.05, 4.69) is 22.4 Å². The van der Waals surface area contributed by atoms with Crippen LogP contribution >= 0.6 is 0 Å². The molecule has 1 atom stereocenters. The fourth-order valence-electron chi connectivity index (χ4n) is 6.42. The molecule has 212 valence electrons. The number of carbonyl (C=O) groups excluding carboxylic acids is 1. The molecule has 2 fully saturated rings. The Morgan fingerprint density at radius 1 is 1.20 bits per heavy atom. The number of fused-ring (bicyclic) bond motifs is 1. The molecule has 6 rings (SSSR count). The van der Waals surface area contributed by atoms with Crippen molar-refractivity contribution in [2.75, 3.05) is 11.2 Å². The maximum absolute atomic E-state index is 14.2. The van der Waals surface area contributed by atoms with Gasteiger partial charge in [0.15, 0.2) is 0 Å². The van der Waals surface area contributed by atoms with Gasteiger partial charge in [0, 0.05) is 43.2 Å². The lowest BCUT2D eigenvalue weighted by Gasteiger charge is -2.46. The van der Waals surface area contributed by atoms with Gasteiger partial charge in [-0.15, -0.1) is 10.2 Å². The zero-order valence-corrected chi connectivity index (χ0v) is 23.5. The number of aryl methyl sites for hydroxylation is 1. The molecule has 2 heterocycles. The molecule has 2 saturated carbocycles. The number of benzene rings is 2. The number of aromatic nitrogens is 3. The number of halogens is 3. The van der Waals surface area contributed by atoms with Gasteiger partial charge < -0.3 is 19.3 Å². The minimum Gasteiger partial charge on any atom is -0.616 e. The van der Waals surface area contributed by atoms with Crippen molar-refractivity contribution in [3.8, 4) is 0 Å². The van der Waals surface area contributed by atoms with Gasteiger partial charge in [-0.25, -0.2) is 0 Å². The summed E-state index contributed by atoms with van der Waals surface area (Å²) in [5, 5.41) is 11.8. The Kier molecular flexibility index (Phi) is 6.55. The van der Waals surface area contributed by atoms with Crippen molar-refractivity contribution in [3.05, 3.63) is 76.4 Å². The molecule has 7 nitrogen and oxygen atoms in total. The normalized spacial score (nSPS) is 24.4. The molecule has 11 heteroatoms. The maximum Gasteiger partial charge on any atom is 0.416 e. The fraction of sp³-hybridized carbons (Fsp3) is 0.483. The zero-order chi connectivity index (χ0) is 28.4. The first-order valence-electron chi connectivity index (χ1n) is 13.5. The van der Waals surface area contributed by atoms with Crippen molar-refractivity contribution >= 4 is 22.8 Å². The summed E-state index contributed by atoms with van der Waals surface area (Å²) in [6.07, 6.45) is 3.01. The summed E-state index contributed by atoms with van der Waals surface area (Å²) >= 11 is -1.00. The van der Waals surface area contributed by atoms with Crippen molar-refractivity contribution < 1.29 is 22.5 Å². The molecule has 0 radical (unpaired) electrons. The van der Waals surface area contributed by atoms with Crippen LogP contribution in [0.2, 0.25) is 0 Å². The van der Waals surface area contributed by atoms with Crippen LogP contribution in [0.15, 0.2) is 42.7 Å². The second-order valence-corrected chi connectivity index (χ2v) is 13.4. The number of alkyl halides is 3. The minimum absolute atomic E-state index is 0.00148. The van der Waals surface area contributed by atoms with Gasteiger partial charge >= 0.3 is 6.18 Å². The maximum atomic E-state index is 14.2. The number of nitrogens with zero attached hydrogens (tertiary/aromatic N) is 4. The lowest BCUT2D eigenvalue weighted by Crippen LogP contribution is -2.50. The van der Waals surface area contributed by atoms with Gasteiger partial charge in [-0.1, -0.05) is 23.3 Å². The van der Waals surface area contributed by atoms with Crippen molar-refractivity contribution in [3.63, 3.8) is 0 Å². The van der Waals surface area contributed by atoms with E-state index in [4.69, 9.17) is 0 Å². The van der Waals surface area contributed by atoms with E-state index in [-0.39, 0.29) is 35.0 Å². The molecule has 1 amide bonds. The lowest BCUT2D eigenvalue weighted by molar-refractivity contribution is -0.138. The Hall–Kier alpha value is -2.89. The molecule has 2 aromatic carbocycles. The largest absolute Gasteiger partial charge is 0.616 e. The third kappa shape index (κ3) is 4.52. The molecule has 1 aliphatic heterocycles. The van der Waals surface area contributed by atoms with Gasteiger partial charge in [0.05, 0.1) is 23.8 Å². The van der Waals surface area contributed by atoms with E-state index in [1.54, 1.807) is 24.7 Å². The van der Waals surface area contributed by atoms with Crippen LogP contribution in [0, 0.1) is 0 Å². The van der Waals surface area contributed by atoms with Crippen LogP contribution in [0.1, 0.15) is 77.5 Å². The number of anilines is 1. The number of carbonyl (C=O) groups is 1. The van der Waals surface area contributed by atoms with E-state index in [0.717, 1.165) is 30.7 Å². The topological polar surface area (TPSA) is 86.1 Å². The molecule has 0 saturated heterocycles. The van der Waals surface area contributed by atoms with Crippen LogP contribution < -0.4 is 10.2 Å². The monoisotopic (exact) mass is 571 g/mol. The smallest absolute Gasteiger partial charge is 0.416 e. The summed E-state index contributed by atoms with van der Waals surface area (Å²) in [4.78, 5) is 15.1. The van der Waals surface area contributed by atoms with E-state index < -0.39 is 34.2 Å². The third-order valence-corrected chi connectivity index (χ3v) is 10.3. The Morgan fingerprint density at radius 3 is 2.55 bits per heavy atom. The number of nitrogens with one attached hydrogen (secondary N) is 1. The van der Waals surface area contributed by atoms with Crippen LogP contribution in [0.3, 0.4) is 0 Å². The fourth-order valence-corrected chi connectivity index (χ4v) is 7.46. The van der Waals surface area contributed by atoms with Crippen LogP contribution in [-0.2, 0) is 42.9 Å². The average Bonchev–Trinajstić information content (AvgIpc) is 3.43. The third-order valence-electron chi connectivity index (χ3n) is 9.05. The number of rotatable bonds is 7. The second-order valence-electron chi connectivity index (χ2n) is 11.8. The second kappa shape index (κ2) is 9.60. The van der Waals surface area contributed by atoms with E-state index in [9.17, 15) is 22.5 Å². The van der Waals surface area contributed by atoms with Crippen LogP contribution in [-0.4, -0.2) is 42.3 Å². The Labute approximate surface area is 234 Å². The predicted molar refractivity (Wildman–Crippen MR) is 146 cm³/mol. The van der Waals surface area contributed by atoms with E-state index in [1.165, 1.54) is 11.0 Å². The Bertz CT molecular complexity index is 1460. The number of amides is 1. The highest BCUT2D eigenvalue weighted by molar-refractivity contribution is 7.91. The van der Waals surface area contributed by atoms with Gasteiger partial charge in [0.25, 0.3) is 5.91 Å². The molecule has 3 aromatic rings. The molecule has 2 aliphatic carbocycles. The van der Waals surface area contributed by atoms with Gasteiger partial charge in [0.2, 0.25) is 0 Å². The summed E-state index contributed by atoms with van der Waals surface area (Å²) in [7, 11) is 1.86. The molecule has 0 spiro atoms. The van der Waals surface area contributed by atoms with E-state index in [0.29, 0.717) is 24.1 Å². The van der Waals surface area contributed by atoms with Gasteiger partial charge in [-0.05, 0) is 67.1 Å².